The smallest absolute Gasteiger partial charge is 0.345 e. The second-order valence-electron chi connectivity index (χ2n) is 7.84. The van der Waals surface area contributed by atoms with Gasteiger partial charge in [-0.2, -0.15) is 0 Å². The number of carbonyl (C=O) groups excluding carboxylic acids is 1. The molecule has 0 amide bonds. The van der Waals surface area contributed by atoms with E-state index in [1.165, 1.54) is 6.07 Å². The molecule has 2 nitrogen and oxygen atoms in total. The van der Waals surface area contributed by atoms with Gasteiger partial charge in [0.15, 0.2) is 0 Å². The van der Waals surface area contributed by atoms with Gasteiger partial charge >= 0.3 is 5.97 Å². The Balaban J connectivity index is 1.69. The highest BCUT2D eigenvalue weighted by molar-refractivity contribution is 6.34. The molecule has 0 aliphatic rings. The van der Waals surface area contributed by atoms with E-state index in [9.17, 15) is 9.18 Å². The van der Waals surface area contributed by atoms with Crippen LogP contribution in [0.15, 0.2) is 78.9 Å². The standard InChI is InChI=1S/C29H27Cl2FO2/c1-3-5-7-9-21-11-12-23(19-26(21)30)20-13-16-24(17-14-20)34-29(33)25-18-15-22(10-8-6-4-2)28(32)27(25)31/h3-6,11-19H,7-10H2,1-2H3/b5-3+,6-4+. The van der Waals surface area contributed by atoms with Crippen molar-refractivity contribution in [3.8, 4) is 16.9 Å². The van der Waals surface area contributed by atoms with Gasteiger partial charge in [-0.3, -0.25) is 0 Å². The van der Waals surface area contributed by atoms with Gasteiger partial charge in [0, 0.05) is 5.02 Å². The molecule has 0 N–H and O–H groups in total. The summed E-state index contributed by atoms with van der Waals surface area (Å²) in [5.74, 6) is -0.941. The summed E-state index contributed by atoms with van der Waals surface area (Å²) in [4.78, 5) is 12.6. The van der Waals surface area contributed by atoms with Crippen molar-refractivity contribution in [2.24, 2.45) is 0 Å². The van der Waals surface area contributed by atoms with Crippen LogP contribution in [-0.2, 0) is 12.8 Å². The Morgan fingerprint density at radius 1 is 0.853 bits per heavy atom. The molecule has 0 saturated carbocycles. The third-order valence-electron chi connectivity index (χ3n) is 5.47. The van der Waals surface area contributed by atoms with Crippen LogP contribution in [0, 0.1) is 5.82 Å². The highest BCUT2D eigenvalue weighted by atomic mass is 35.5. The third-order valence-corrected chi connectivity index (χ3v) is 6.19. The first kappa shape index (κ1) is 25.7. The van der Waals surface area contributed by atoms with E-state index >= 15 is 0 Å². The van der Waals surface area contributed by atoms with E-state index in [0.717, 1.165) is 34.6 Å². The lowest BCUT2D eigenvalue weighted by molar-refractivity contribution is 0.0734. The van der Waals surface area contributed by atoms with Gasteiger partial charge in [-0.25, -0.2) is 9.18 Å². The second kappa shape index (κ2) is 12.5. The van der Waals surface area contributed by atoms with Gasteiger partial charge in [0.1, 0.15) is 11.6 Å². The highest BCUT2D eigenvalue weighted by Gasteiger charge is 2.18. The van der Waals surface area contributed by atoms with E-state index in [1.54, 1.807) is 18.2 Å². The van der Waals surface area contributed by atoms with Gasteiger partial charge in [-0.1, -0.05) is 77.8 Å². The summed E-state index contributed by atoms with van der Waals surface area (Å²) in [7, 11) is 0. The first-order valence-electron chi connectivity index (χ1n) is 11.2. The molecular formula is C29H27Cl2FO2. The van der Waals surface area contributed by atoms with Gasteiger partial charge < -0.3 is 4.74 Å². The van der Waals surface area contributed by atoms with Gasteiger partial charge in [0.25, 0.3) is 0 Å². The third kappa shape index (κ3) is 6.59. The molecule has 3 aromatic rings. The number of hydrogen-bond donors (Lipinski definition) is 0. The summed E-state index contributed by atoms with van der Waals surface area (Å²) in [5, 5.41) is 0.507. The van der Waals surface area contributed by atoms with E-state index in [4.69, 9.17) is 27.9 Å². The first-order chi connectivity index (χ1) is 16.4. The largest absolute Gasteiger partial charge is 0.423 e. The highest BCUT2D eigenvalue weighted by Crippen LogP contribution is 2.29. The van der Waals surface area contributed by atoms with Gasteiger partial charge in [-0.05, 0) is 86.1 Å². The number of carbonyl (C=O) groups is 1. The Bertz CT molecular complexity index is 1200. The number of ether oxygens (including phenoxy) is 1. The van der Waals surface area contributed by atoms with E-state index in [1.807, 2.05) is 62.4 Å². The van der Waals surface area contributed by atoms with Gasteiger partial charge in [0.05, 0.1) is 10.6 Å². The molecule has 3 rings (SSSR count). The van der Waals surface area contributed by atoms with E-state index in [-0.39, 0.29) is 10.6 Å². The normalized spacial score (nSPS) is 11.4. The lowest BCUT2D eigenvalue weighted by Gasteiger charge is -2.10. The van der Waals surface area contributed by atoms with Gasteiger partial charge in [0.2, 0.25) is 0 Å². The number of halogens is 3. The maximum atomic E-state index is 14.6. The number of allylic oxidation sites excluding steroid dienone is 4. The Kier molecular flexibility index (Phi) is 9.50. The lowest BCUT2D eigenvalue weighted by Crippen LogP contribution is -2.10. The number of hydrogen-bond acceptors (Lipinski definition) is 2. The van der Waals surface area contributed by atoms with Crippen molar-refractivity contribution >= 4 is 29.2 Å². The molecule has 0 aromatic heterocycles. The summed E-state index contributed by atoms with van der Waals surface area (Å²) < 4.78 is 20.0. The minimum atomic E-state index is -0.704. The van der Waals surface area contributed by atoms with Crippen LogP contribution in [0.2, 0.25) is 10.0 Å². The lowest BCUT2D eigenvalue weighted by atomic mass is 10.0. The van der Waals surface area contributed by atoms with Crippen molar-refractivity contribution in [1.29, 1.82) is 0 Å². The molecule has 176 valence electrons. The SMILES string of the molecule is C/C=C/CCc1ccc(-c2ccc(OC(=O)c3ccc(CC/C=C/C)c(F)c3Cl)cc2)cc1Cl. The molecular weight excluding hydrogens is 470 g/mol. The van der Waals surface area contributed by atoms with Crippen molar-refractivity contribution < 1.29 is 13.9 Å². The zero-order chi connectivity index (χ0) is 24.5. The average Bonchev–Trinajstić information content (AvgIpc) is 2.83. The minimum Gasteiger partial charge on any atom is -0.423 e. The van der Waals surface area contributed by atoms with Crippen molar-refractivity contribution in [1.82, 2.24) is 0 Å². The molecule has 3 aromatic carbocycles. The Morgan fingerprint density at radius 3 is 2.06 bits per heavy atom. The average molecular weight is 497 g/mol. The topological polar surface area (TPSA) is 26.3 Å². The summed E-state index contributed by atoms with van der Waals surface area (Å²) in [6, 6.07) is 16.2. The fraction of sp³-hybridized carbons (Fsp3) is 0.207. The molecule has 34 heavy (non-hydrogen) atoms. The van der Waals surface area contributed by atoms with Crippen molar-refractivity contribution in [3.63, 3.8) is 0 Å². The number of benzene rings is 3. The molecule has 0 aliphatic heterocycles. The fourth-order valence-corrected chi connectivity index (χ4v) is 4.09. The molecule has 0 bridgehead atoms. The van der Waals surface area contributed by atoms with E-state index in [0.29, 0.717) is 24.2 Å². The molecule has 0 heterocycles. The monoisotopic (exact) mass is 496 g/mol. The van der Waals surface area contributed by atoms with Gasteiger partial charge in [-0.15, -0.1) is 0 Å². The molecule has 0 spiro atoms. The van der Waals surface area contributed by atoms with Crippen molar-refractivity contribution in [2.75, 3.05) is 0 Å². The fourth-order valence-electron chi connectivity index (χ4n) is 3.56. The molecule has 0 atom stereocenters. The second-order valence-corrected chi connectivity index (χ2v) is 8.62. The summed E-state index contributed by atoms with van der Waals surface area (Å²) in [6.07, 6.45) is 11.0. The number of rotatable bonds is 9. The number of aryl methyl sites for hydroxylation is 2. The Labute approximate surface area is 210 Å². The Morgan fingerprint density at radius 2 is 1.44 bits per heavy atom. The molecule has 0 radical (unpaired) electrons. The van der Waals surface area contributed by atoms with Crippen molar-refractivity contribution in [3.05, 3.63) is 111 Å². The molecule has 5 heteroatoms. The van der Waals surface area contributed by atoms with Crippen LogP contribution >= 0.6 is 23.2 Å². The molecule has 0 aliphatic carbocycles. The van der Waals surface area contributed by atoms with Crippen LogP contribution in [0.4, 0.5) is 4.39 Å². The van der Waals surface area contributed by atoms with Crippen LogP contribution in [0.3, 0.4) is 0 Å². The molecule has 0 fully saturated rings. The van der Waals surface area contributed by atoms with Crippen LogP contribution in [0.1, 0.15) is 48.2 Å². The minimum absolute atomic E-state index is 0.00156. The number of esters is 1. The first-order valence-corrected chi connectivity index (χ1v) is 12.0. The Hall–Kier alpha value is -2.88. The van der Waals surface area contributed by atoms with Crippen LogP contribution < -0.4 is 4.74 Å². The molecule has 0 unspecified atom stereocenters. The van der Waals surface area contributed by atoms with E-state index in [2.05, 4.69) is 6.08 Å². The quantitative estimate of drug-likeness (QED) is 0.167. The van der Waals surface area contributed by atoms with Crippen molar-refractivity contribution in [2.45, 2.75) is 39.5 Å². The zero-order valence-electron chi connectivity index (χ0n) is 19.3. The molecule has 0 saturated heterocycles. The van der Waals surface area contributed by atoms with E-state index < -0.39 is 11.8 Å². The summed E-state index contributed by atoms with van der Waals surface area (Å²) >= 11 is 12.6. The van der Waals surface area contributed by atoms with Crippen LogP contribution in [0.25, 0.3) is 11.1 Å². The predicted octanol–water partition coefficient (Wildman–Crippen LogP) is 9.04. The van der Waals surface area contributed by atoms with Crippen LogP contribution in [0.5, 0.6) is 5.75 Å². The summed E-state index contributed by atoms with van der Waals surface area (Å²) in [6.45, 7) is 3.91. The summed E-state index contributed by atoms with van der Waals surface area (Å²) in [5.41, 5.74) is 3.48. The predicted molar refractivity (Wildman–Crippen MR) is 140 cm³/mol. The maximum Gasteiger partial charge on any atom is 0.345 e. The zero-order valence-corrected chi connectivity index (χ0v) is 20.8. The maximum absolute atomic E-state index is 14.6. The van der Waals surface area contributed by atoms with Crippen LogP contribution in [-0.4, -0.2) is 5.97 Å².